The van der Waals surface area contributed by atoms with E-state index in [9.17, 15) is 0 Å². The van der Waals surface area contributed by atoms with Gasteiger partial charge in [0, 0.05) is 0 Å². The molecule has 0 fully saturated rings. The van der Waals surface area contributed by atoms with Gasteiger partial charge in [-0.3, -0.25) is 0 Å². The molecule has 4 heavy (non-hydrogen) atoms. The first-order valence-corrected chi connectivity index (χ1v) is 0.816. The van der Waals surface area contributed by atoms with E-state index < -0.39 is 0 Å². The molecule has 0 radical (unpaired) electrons. The predicted octanol–water partition coefficient (Wildman–Crippen LogP) is 0.469. The van der Waals surface area contributed by atoms with Gasteiger partial charge in [-0.05, 0) is 0 Å². The van der Waals surface area contributed by atoms with Gasteiger partial charge in [-0.1, -0.05) is 0 Å². The van der Waals surface area contributed by atoms with Gasteiger partial charge in [0.05, 0.1) is 0 Å². The zero-order valence-corrected chi connectivity index (χ0v) is 4.08. The third-order valence-corrected chi connectivity index (χ3v) is 0. The molecule has 0 saturated carbocycles. The Balaban J connectivity index is 0. The third-order valence-electron chi connectivity index (χ3n) is 0. The van der Waals surface area contributed by atoms with Crippen molar-refractivity contribution in [1.82, 2.24) is 0 Å². The van der Waals surface area contributed by atoms with E-state index in [1.165, 1.54) is 6.08 Å². The number of hydrogen-bond donors (Lipinski definition) is 0. The van der Waals surface area contributed by atoms with Crippen LogP contribution in [0.1, 0.15) is 0 Å². The Hall–Kier alpha value is 0.272. The van der Waals surface area contributed by atoms with E-state index >= 15 is 0 Å². The monoisotopic (exact) mass is 149 g/mol. The first-order valence-electron chi connectivity index (χ1n) is 0.816. The SMILES string of the molecule is C=C[CH2-].[PdH2]. The Labute approximate surface area is 40.6 Å². The molecule has 0 bridgehead atoms. The van der Waals surface area contributed by atoms with Gasteiger partial charge >= 0.3 is 20.4 Å². The summed E-state index contributed by atoms with van der Waals surface area (Å²) in [6, 6.07) is 0. The molecule has 0 aliphatic rings. The Morgan fingerprint density at radius 1 is 1.75 bits per heavy atom. The maximum atomic E-state index is 3.25. The van der Waals surface area contributed by atoms with Crippen LogP contribution in [0, 0.1) is 6.92 Å². The van der Waals surface area contributed by atoms with Crippen LogP contribution in [0.25, 0.3) is 0 Å². The van der Waals surface area contributed by atoms with Crippen LogP contribution >= 0.6 is 0 Å². The van der Waals surface area contributed by atoms with Crippen LogP contribution in [-0.4, -0.2) is 0 Å². The molecule has 0 saturated heterocycles. The first kappa shape index (κ1) is 8.86. The summed E-state index contributed by atoms with van der Waals surface area (Å²) in [6.45, 7) is 6.50. The van der Waals surface area contributed by atoms with Gasteiger partial charge in [-0.25, -0.2) is 19.6 Å². The van der Waals surface area contributed by atoms with E-state index in [1.54, 1.807) is 0 Å². The van der Waals surface area contributed by atoms with Gasteiger partial charge in [-0.2, -0.15) is 0 Å². The Morgan fingerprint density at radius 2 is 1.75 bits per heavy atom. The van der Waals surface area contributed by atoms with Crippen LogP contribution in [0.2, 0.25) is 0 Å². The summed E-state index contributed by atoms with van der Waals surface area (Å²) in [5, 5.41) is 0. The van der Waals surface area contributed by atoms with E-state index in [0.717, 1.165) is 0 Å². The van der Waals surface area contributed by atoms with E-state index in [-0.39, 0.29) is 20.4 Å². The normalized spacial score (nSPS) is 3.00. The first-order chi connectivity index (χ1) is 1.41. The molecule has 0 rings (SSSR count). The Bertz CT molecular complexity index is 10.8. The molecule has 0 aliphatic carbocycles. The molecule has 0 aromatic heterocycles. The second-order valence-electron chi connectivity index (χ2n) is 0.289. The molecular formula is C3H7Pd-. The summed E-state index contributed by atoms with van der Waals surface area (Å²) in [4.78, 5) is 0. The average Bonchev–Trinajstić information content (AvgIpc) is 0.918. The standard InChI is InChI=1S/C3H5.Pd.2H/c1-3-2;;;/h3H,1-2H2;;;/q-1;;;. The Morgan fingerprint density at radius 3 is 1.75 bits per heavy atom. The second-order valence-corrected chi connectivity index (χ2v) is 0.289. The third kappa shape index (κ3) is 49.6. The fourth-order valence-electron chi connectivity index (χ4n) is 0. The zero-order chi connectivity index (χ0) is 2.71. The van der Waals surface area contributed by atoms with Gasteiger partial charge < -0.3 is 0 Å². The van der Waals surface area contributed by atoms with Crippen LogP contribution in [0.5, 0.6) is 0 Å². The van der Waals surface area contributed by atoms with Crippen LogP contribution < -0.4 is 0 Å². The van der Waals surface area contributed by atoms with Crippen molar-refractivity contribution in [3.63, 3.8) is 0 Å². The fourth-order valence-corrected chi connectivity index (χ4v) is 0. The van der Waals surface area contributed by atoms with Gasteiger partial charge in [-0.15, -0.1) is 0 Å². The topological polar surface area (TPSA) is 0 Å². The van der Waals surface area contributed by atoms with Crippen molar-refractivity contribution in [2.24, 2.45) is 0 Å². The molecule has 0 atom stereocenters. The number of hydrogen-bond acceptors (Lipinski definition) is 0. The van der Waals surface area contributed by atoms with Gasteiger partial charge in [0.2, 0.25) is 0 Å². The van der Waals surface area contributed by atoms with Crippen LogP contribution in [0.4, 0.5) is 0 Å². The van der Waals surface area contributed by atoms with Crippen LogP contribution in [0.15, 0.2) is 12.7 Å². The summed E-state index contributed by atoms with van der Waals surface area (Å²) in [7, 11) is 0. The Kier molecular flexibility index (Phi) is 23.1. The molecule has 0 nitrogen and oxygen atoms in total. The minimum atomic E-state index is 0. The van der Waals surface area contributed by atoms with Crippen LogP contribution in [0.3, 0.4) is 0 Å². The molecule has 0 N–H and O–H groups in total. The van der Waals surface area contributed by atoms with Gasteiger partial charge in [0.1, 0.15) is 0 Å². The van der Waals surface area contributed by atoms with Crippen molar-refractivity contribution in [2.75, 3.05) is 0 Å². The fraction of sp³-hybridized carbons (Fsp3) is 0. The van der Waals surface area contributed by atoms with E-state index in [1.807, 2.05) is 0 Å². The molecule has 0 unspecified atom stereocenters. The molecule has 1 heteroatoms. The molecule has 0 aromatic rings. The molecule has 0 heterocycles. The molecule has 0 spiro atoms. The molecule has 0 aliphatic heterocycles. The average molecular weight is 150 g/mol. The van der Waals surface area contributed by atoms with E-state index in [4.69, 9.17) is 0 Å². The van der Waals surface area contributed by atoms with Gasteiger partial charge in [0.15, 0.2) is 0 Å². The van der Waals surface area contributed by atoms with Crippen molar-refractivity contribution in [3.05, 3.63) is 19.6 Å². The maximum absolute atomic E-state index is 3.25. The zero-order valence-electron chi connectivity index (χ0n) is 2.35. The summed E-state index contributed by atoms with van der Waals surface area (Å²) in [6.07, 6.45) is 1.50. The van der Waals surface area contributed by atoms with E-state index in [2.05, 4.69) is 13.5 Å². The quantitative estimate of drug-likeness (QED) is 0.347. The van der Waals surface area contributed by atoms with Crippen molar-refractivity contribution < 1.29 is 20.4 Å². The second kappa shape index (κ2) is 10.4. The van der Waals surface area contributed by atoms with Crippen molar-refractivity contribution in [3.8, 4) is 0 Å². The van der Waals surface area contributed by atoms with Crippen molar-refractivity contribution in [1.29, 1.82) is 0 Å². The van der Waals surface area contributed by atoms with Gasteiger partial charge in [0.25, 0.3) is 0 Å². The summed E-state index contributed by atoms with van der Waals surface area (Å²) in [5.41, 5.74) is 0. The summed E-state index contributed by atoms with van der Waals surface area (Å²) < 4.78 is 0. The number of allylic oxidation sites excluding steroid dienone is 1. The van der Waals surface area contributed by atoms with E-state index in [0.29, 0.717) is 0 Å². The molecule has 30 valence electrons. The molecular weight excluding hydrogens is 142 g/mol. The number of rotatable bonds is 0. The summed E-state index contributed by atoms with van der Waals surface area (Å²) >= 11 is 0. The van der Waals surface area contributed by atoms with Crippen molar-refractivity contribution >= 4 is 0 Å². The molecule has 0 aromatic carbocycles. The molecule has 0 amide bonds. The predicted molar refractivity (Wildman–Crippen MR) is 18.3 cm³/mol. The minimum absolute atomic E-state index is 0. The van der Waals surface area contributed by atoms with Crippen LogP contribution in [-0.2, 0) is 20.4 Å². The van der Waals surface area contributed by atoms with Crippen molar-refractivity contribution in [2.45, 2.75) is 0 Å². The summed E-state index contributed by atoms with van der Waals surface area (Å²) in [5.74, 6) is 0.